The molecule has 0 unspecified atom stereocenters. The quantitative estimate of drug-likeness (QED) is 0.423. The molecule has 0 aromatic heterocycles. The number of benzene rings is 1. The summed E-state index contributed by atoms with van der Waals surface area (Å²) in [5, 5.41) is 0. The largest absolute Gasteiger partial charge is 0.383 e. The van der Waals surface area contributed by atoms with Gasteiger partial charge in [-0.05, 0) is 31.0 Å². The Morgan fingerprint density at radius 2 is 1.88 bits per heavy atom. The maximum absolute atomic E-state index is 14.4. The molecule has 3 rings (SSSR count). The number of hydrogen-bond acceptors (Lipinski definition) is 7. The zero-order chi connectivity index (χ0) is 25.0. The molecule has 0 bridgehead atoms. The highest BCUT2D eigenvalue weighted by atomic mass is 32.2. The fraction of sp³-hybridized carbons (Fsp3) is 0.571. The molecule has 0 radical (unpaired) electrons. The van der Waals surface area contributed by atoms with Crippen molar-refractivity contribution in [3.05, 3.63) is 23.5 Å². The van der Waals surface area contributed by atoms with Gasteiger partial charge in [0, 0.05) is 52.8 Å². The Kier molecular flexibility index (Phi) is 8.23. The highest BCUT2D eigenvalue weighted by Crippen LogP contribution is 2.31. The van der Waals surface area contributed by atoms with Gasteiger partial charge in [-0.15, -0.1) is 0 Å². The zero-order valence-corrected chi connectivity index (χ0v) is 20.1. The number of nitrogens with one attached hydrogen (secondary N) is 1. The van der Waals surface area contributed by atoms with Gasteiger partial charge in [-0.3, -0.25) is 19.3 Å². The molecule has 0 aliphatic carbocycles. The van der Waals surface area contributed by atoms with Crippen molar-refractivity contribution in [2.75, 3.05) is 57.9 Å². The van der Waals surface area contributed by atoms with E-state index in [1.165, 1.54) is 16.7 Å². The van der Waals surface area contributed by atoms with E-state index in [9.17, 15) is 27.2 Å². The van der Waals surface area contributed by atoms with Crippen LogP contribution in [0.4, 0.5) is 10.1 Å². The summed E-state index contributed by atoms with van der Waals surface area (Å²) >= 11 is 0. The van der Waals surface area contributed by atoms with E-state index < -0.39 is 38.6 Å². The van der Waals surface area contributed by atoms with Crippen LogP contribution in [0.5, 0.6) is 0 Å². The van der Waals surface area contributed by atoms with Gasteiger partial charge in [0.25, 0.3) is 5.91 Å². The van der Waals surface area contributed by atoms with Crippen LogP contribution in [0.2, 0.25) is 0 Å². The first kappa shape index (κ1) is 26.0. The third-order valence-corrected chi connectivity index (χ3v) is 7.60. The Labute approximate surface area is 198 Å². The van der Waals surface area contributed by atoms with Crippen LogP contribution in [0.25, 0.3) is 0 Å². The minimum atomic E-state index is -4.54. The molecule has 13 heteroatoms. The maximum Gasteiger partial charge on any atom is 0.250 e. The molecule has 11 nitrogen and oxygen atoms in total. The van der Waals surface area contributed by atoms with E-state index in [1.54, 1.807) is 7.11 Å². The van der Waals surface area contributed by atoms with Crippen LogP contribution in [0, 0.1) is 12.7 Å². The maximum atomic E-state index is 14.4. The summed E-state index contributed by atoms with van der Waals surface area (Å²) in [6, 6.07) is 0.0333. The first-order valence-corrected chi connectivity index (χ1v) is 12.5. The molecule has 2 heterocycles. The Bertz CT molecular complexity index is 1060. The zero-order valence-electron chi connectivity index (χ0n) is 19.3. The fourth-order valence-electron chi connectivity index (χ4n) is 4.15. The first-order valence-electron chi connectivity index (χ1n) is 11.0. The Morgan fingerprint density at radius 1 is 1.21 bits per heavy atom. The van der Waals surface area contributed by atoms with Gasteiger partial charge in [0.05, 0.1) is 17.2 Å². The minimum absolute atomic E-state index is 0.131. The Morgan fingerprint density at radius 3 is 2.44 bits per heavy atom. The normalized spacial score (nSPS) is 18.4. The third-order valence-electron chi connectivity index (χ3n) is 6.05. The fourth-order valence-corrected chi connectivity index (χ4v) is 5.58. The highest BCUT2D eigenvalue weighted by molar-refractivity contribution is 7.89. The molecule has 3 N–H and O–H groups in total. The summed E-state index contributed by atoms with van der Waals surface area (Å²) in [4.78, 5) is 41.5. The second kappa shape index (κ2) is 10.8. The molecule has 2 fully saturated rings. The van der Waals surface area contributed by atoms with Gasteiger partial charge in [0.15, 0.2) is 6.04 Å². The Hall–Kier alpha value is -2.61. The summed E-state index contributed by atoms with van der Waals surface area (Å²) in [5.41, 5.74) is 5.64. The molecule has 2 aliphatic rings. The number of hydrogen-bond donors (Lipinski definition) is 2. The number of nitrogens with two attached hydrogens (primary N) is 1. The van der Waals surface area contributed by atoms with Crippen molar-refractivity contribution < 1.29 is 31.9 Å². The highest BCUT2D eigenvalue weighted by Gasteiger charge is 2.36. The molecule has 0 saturated carbocycles. The number of primary amides is 1. The van der Waals surface area contributed by atoms with Crippen LogP contribution in [0.1, 0.15) is 18.4 Å². The average molecular weight is 500 g/mol. The Balaban J connectivity index is 1.81. The molecule has 2 saturated heterocycles. The van der Waals surface area contributed by atoms with Crippen molar-refractivity contribution in [3.63, 3.8) is 0 Å². The van der Waals surface area contributed by atoms with Gasteiger partial charge in [-0.2, -0.15) is 4.72 Å². The smallest absolute Gasteiger partial charge is 0.250 e. The van der Waals surface area contributed by atoms with Crippen molar-refractivity contribution in [1.82, 2.24) is 14.5 Å². The van der Waals surface area contributed by atoms with E-state index >= 15 is 0 Å². The lowest BCUT2D eigenvalue weighted by Gasteiger charge is -2.35. The molecule has 1 aromatic carbocycles. The number of halogens is 1. The van der Waals surface area contributed by atoms with Crippen LogP contribution in [0.15, 0.2) is 17.0 Å². The number of nitrogens with zero attached hydrogens (tertiary/aromatic N) is 3. The molecule has 188 valence electrons. The van der Waals surface area contributed by atoms with E-state index in [2.05, 4.69) is 9.62 Å². The number of sulfonamides is 1. The lowest BCUT2D eigenvalue weighted by molar-refractivity contribution is -0.139. The van der Waals surface area contributed by atoms with E-state index in [0.29, 0.717) is 39.2 Å². The van der Waals surface area contributed by atoms with Gasteiger partial charge >= 0.3 is 0 Å². The standard InChI is InChI=1S/C21H30FN5O6S/c1-14-16(27-5-3-4-18(27)28)12-15(22)13-17(14)34(31,32)24-19(20(23)29)21(30)26-8-6-25(7-9-26)10-11-33-2/h12-13,19,24H,3-11H2,1-2H3,(H2,23,29)/t19-/m0/s1. The summed E-state index contributed by atoms with van der Waals surface area (Å²) in [7, 11) is -2.94. The molecular weight excluding hydrogens is 469 g/mol. The van der Waals surface area contributed by atoms with Crippen LogP contribution >= 0.6 is 0 Å². The van der Waals surface area contributed by atoms with Crippen molar-refractivity contribution in [1.29, 1.82) is 0 Å². The summed E-state index contributed by atoms with van der Waals surface area (Å²) < 4.78 is 47.8. The number of anilines is 1. The lowest BCUT2D eigenvalue weighted by atomic mass is 10.2. The summed E-state index contributed by atoms with van der Waals surface area (Å²) in [6.45, 7) is 4.64. The van der Waals surface area contributed by atoms with Crippen molar-refractivity contribution in [2.24, 2.45) is 5.73 Å². The van der Waals surface area contributed by atoms with Crippen molar-refractivity contribution >= 4 is 33.4 Å². The van der Waals surface area contributed by atoms with Crippen molar-refractivity contribution in [3.8, 4) is 0 Å². The van der Waals surface area contributed by atoms with Gasteiger partial charge in [0.2, 0.25) is 21.8 Å². The van der Waals surface area contributed by atoms with Crippen LogP contribution in [-0.2, 0) is 29.1 Å². The number of piperazine rings is 1. The molecular formula is C21H30FN5O6S. The van der Waals surface area contributed by atoms with Crippen LogP contribution in [0.3, 0.4) is 0 Å². The third kappa shape index (κ3) is 5.71. The lowest BCUT2D eigenvalue weighted by Crippen LogP contribution is -2.58. The van der Waals surface area contributed by atoms with Crippen LogP contribution < -0.4 is 15.4 Å². The summed E-state index contributed by atoms with van der Waals surface area (Å²) in [6.07, 6.45) is 0.860. The molecule has 34 heavy (non-hydrogen) atoms. The number of methoxy groups -OCH3 is 1. The minimum Gasteiger partial charge on any atom is -0.383 e. The van der Waals surface area contributed by atoms with E-state index in [4.69, 9.17) is 10.5 Å². The van der Waals surface area contributed by atoms with E-state index in [0.717, 1.165) is 12.1 Å². The molecule has 1 aromatic rings. The van der Waals surface area contributed by atoms with Gasteiger partial charge in [-0.25, -0.2) is 12.8 Å². The average Bonchev–Trinajstić information content (AvgIpc) is 3.22. The first-order chi connectivity index (χ1) is 16.0. The second-order valence-corrected chi connectivity index (χ2v) is 10.00. The topological polar surface area (TPSA) is 142 Å². The number of carbonyl (C=O) groups excluding carboxylic acids is 3. The van der Waals surface area contributed by atoms with E-state index in [-0.39, 0.29) is 36.7 Å². The molecule has 2 aliphatic heterocycles. The number of amides is 3. The number of rotatable bonds is 9. The second-order valence-electron chi connectivity index (χ2n) is 8.31. The predicted molar refractivity (Wildman–Crippen MR) is 121 cm³/mol. The van der Waals surface area contributed by atoms with Gasteiger partial charge < -0.3 is 20.3 Å². The SMILES string of the molecule is COCCN1CCN(C(=O)[C@@H](NS(=O)(=O)c2cc(F)cc(N3CCCC3=O)c2C)C(N)=O)CC1. The van der Waals surface area contributed by atoms with E-state index in [1.807, 2.05) is 0 Å². The van der Waals surface area contributed by atoms with Gasteiger partial charge in [0.1, 0.15) is 5.82 Å². The predicted octanol–water partition coefficient (Wildman–Crippen LogP) is -0.816. The van der Waals surface area contributed by atoms with Gasteiger partial charge in [-0.1, -0.05) is 0 Å². The van der Waals surface area contributed by atoms with Crippen molar-refractivity contribution in [2.45, 2.75) is 30.7 Å². The summed E-state index contributed by atoms with van der Waals surface area (Å²) in [5.74, 6) is -3.04. The molecule has 3 amide bonds. The number of carbonyl (C=O) groups is 3. The molecule has 0 spiro atoms. The molecule has 1 atom stereocenters. The monoisotopic (exact) mass is 499 g/mol. The number of ether oxygens (including phenoxy) is 1. The van der Waals surface area contributed by atoms with Crippen LogP contribution in [-0.4, -0.2) is 95.0 Å².